The molecule has 0 bridgehead atoms. The van der Waals surface area contributed by atoms with E-state index in [-0.39, 0.29) is 18.5 Å². The molecule has 138 valence electrons. The van der Waals surface area contributed by atoms with Crippen LogP contribution in [0.25, 0.3) is 0 Å². The van der Waals surface area contributed by atoms with Gasteiger partial charge in [-0.2, -0.15) is 0 Å². The highest BCUT2D eigenvalue weighted by Crippen LogP contribution is 2.40. The molecule has 2 aromatic rings. The molecule has 4 rings (SSSR count). The maximum atomic E-state index is 13.2. The van der Waals surface area contributed by atoms with Crippen LogP contribution in [0.2, 0.25) is 0 Å². The van der Waals surface area contributed by atoms with E-state index in [1.807, 2.05) is 24.3 Å². The normalized spacial score (nSPS) is 21.1. The highest BCUT2D eigenvalue weighted by molar-refractivity contribution is 6.07. The number of methoxy groups -OCH3 is 1. The number of benzene rings is 2. The van der Waals surface area contributed by atoms with Crippen molar-refractivity contribution in [1.29, 1.82) is 0 Å². The molecule has 1 aliphatic carbocycles. The molecule has 2 aromatic carbocycles. The minimum absolute atomic E-state index is 0.163. The molecule has 1 aliphatic heterocycles. The molecule has 6 heteroatoms. The van der Waals surface area contributed by atoms with Gasteiger partial charge in [0.25, 0.3) is 5.91 Å². The zero-order valence-electron chi connectivity index (χ0n) is 15.0. The molecular weight excluding hydrogens is 344 g/mol. The Morgan fingerprint density at radius 2 is 1.89 bits per heavy atom. The van der Waals surface area contributed by atoms with Crippen molar-refractivity contribution in [3.63, 3.8) is 0 Å². The molecule has 3 amide bonds. The van der Waals surface area contributed by atoms with Crippen LogP contribution in [-0.4, -0.2) is 29.9 Å². The molecule has 1 heterocycles. The van der Waals surface area contributed by atoms with E-state index in [0.717, 1.165) is 29.5 Å². The predicted molar refractivity (Wildman–Crippen MR) is 97.9 cm³/mol. The quantitative estimate of drug-likeness (QED) is 0.671. The van der Waals surface area contributed by atoms with Crippen LogP contribution >= 0.6 is 0 Å². The monoisotopic (exact) mass is 364 g/mol. The van der Waals surface area contributed by atoms with Crippen molar-refractivity contribution in [2.75, 3.05) is 7.11 Å². The lowest BCUT2D eigenvalue weighted by atomic mass is 9.76. The highest BCUT2D eigenvalue weighted by Gasteiger charge is 2.53. The molecule has 1 N–H and O–H groups in total. The van der Waals surface area contributed by atoms with Gasteiger partial charge in [-0.05, 0) is 48.1 Å². The first kappa shape index (κ1) is 17.3. The average molecular weight is 364 g/mol. The van der Waals surface area contributed by atoms with Gasteiger partial charge in [-0.25, -0.2) is 9.59 Å². The number of nitrogens with zero attached hydrogens (tertiary/aromatic N) is 1. The molecule has 1 atom stereocenters. The molecule has 1 unspecified atom stereocenters. The maximum Gasteiger partial charge on any atom is 0.337 e. The molecule has 1 fully saturated rings. The van der Waals surface area contributed by atoms with Crippen LogP contribution < -0.4 is 5.32 Å². The van der Waals surface area contributed by atoms with E-state index in [0.29, 0.717) is 12.0 Å². The Bertz CT molecular complexity index is 922. The fourth-order valence-electron chi connectivity index (χ4n) is 4.00. The topological polar surface area (TPSA) is 75.7 Å². The van der Waals surface area contributed by atoms with Crippen molar-refractivity contribution in [2.24, 2.45) is 0 Å². The molecule has 1 saturated heterocycles. The molecule has 0 aromatic heterocycles. The second-order valence-electron chi connectivity index (χ2n) is 6.93. The summed E-state index contributed by atoms with van der Waals surface area (Å²) in [7, 11) is 1.32. The largest absolute Gasteiger partial charge is 0.465 e. The number of imide groups is 1. The van der Waals surface area contributed by atoms with Crippen LogP contribution in [-0.2, 0) is 28.0 Å². The van der Waals surface area contributed by atoms with Gasteiger partial charge in [-0.15, -0.1) is 0 Å². The predicted octanol–water partition coefficient (Wildman–Crippen LogP) is 2.76. The van der Waals surface area contributed by atoms with E-state index in [1.165, 1.54) is 12.0 Å². The minimum Gasteiger partial charge on any atom is -0.465 e. The standard InChI is InChI=1S/C21H20N2O4/c1-27-18(24)16-10-8-14(9-11-16)13-23-19(25)21(22-20(23)26)12-4-6-15-5-2-3-7-17(15)21/h2-3,5,7-11H,4,6,12-13H2,1H3,(H,22,26). The maximum absolute atomic E-state index is 13.2. The fourth-order valence-corrected chi connectivity index (χ4v) is 4.00. The molecule has 27 heavy (non-hydrogen) atoms. The Labute approximate surface area is 157 Å². The zero-order chi connectivity index (χ0) is 19.0. The van der Waals surface area contributed by atoms with Crippen LogP contribution in [0.5, 0.6) is 0 Å². The Kier molecular flexibility index (Phi) is 4.18. The van der Waals surface area contributed by atoms with Gasteiger partial charge in [0.15, 0.2) is 0 Å². The van der Waals surface area contributed by atoms with Crippen LogP contribution in [0.15, 0.2) is 48.5 Å². The fraction of sp³-hybridized carbons (Fsp3) is 0.286. The third-order valence-corrected chi connectivity index (χ3v) is 5.37. The number of esters is 1. The number of carbonyl (C=O) groups is 3. The Morgan fingerprint density at radius 3 is 2.63 bits per heavy atom. The van der Waals surface area contributed by atoms with E-state index in [1.54, 1.807) is 24.3 Å². The van der Waals surface area contributed by atoms with Crippen LogP contribution in [0.3, 0.4) is 0 Å². The first-order valence-electron chi connectivity index (χ1n) is 8.95. The third-order valence-electron chi connectivity index (χ3n) is 5.37. The summed E-state index contributed by atoms with van der Waals surface area (Å²) in [5.41, 5.74) is 2.25. The van der Waals surface area contributed by atoms with Crippen LogP contribution in [0.4, 0.5) is 4.79 Å². The number of urea groups is 1. The summed E-state index contributed by atoms with van der Waals surface area (Å²) < 4.78 is 4.68. The zero-order valence-corrected chi connectivity index (χ0v) is 15.0. The first-order chi connectivity index (χ1) is 13.0. The number of fused-ring (bicyclic) bond motifs is 2. The number of hydrogen-bond donors (Lipinski definition) is 1. The van der Waals surface area contributed by atoms with Gasteiger partial charge in [-0.3, -0.25) is 9.69 Å². The Morgan fingerprint density at radius 1 is 1.15 bits per heavy atom. The second-order valence-corrected chi connectivity index (χ2v) is 6.93. The third kappa shape index (κ3) is 2.77. The van der Waals surface area contributed by atoms with Gasteiger partial charge in [0, 0.05) is 0 Å². The van der Waals surface area contributed by atoms with Crippen molar-refractivity contribution in [1.82, 2.24) is 10.2 Å². The Balaban J connectivity index is 1.60. The van der Waals surface area contributed by atoms with Crippen LogP contribution in [0, 0.1) is 0 Å². The molecule has 1 spiro atoms. The summed E-state index contributed by atoms with van der Waals surface area (Å²) >= 11 is 0. The van der Waals surface area contributed by atoms with Crippen molar-refractivity contribution in [3.05, 3.63) is 70.8 Å². The van der Waals surface area contributed by atoms with E-state index in [9.17, 15) is 14.4 Å². The van der Waals surface area contributed by atoms with E-state index in [4.69, 9.17) is 0 Å². The van der Waals surface area contributed by atoms with Gasteiger partial charge in [-0.1, -0.05) is 36.4 Å². The molecule has 0 radical (unpaired) electrons. The van der Waals surface area contributed by atoms with E-state index in [2.05, 4.69) is 10.1 Å². The summed E-state index contributed by atoms with van der Waals surface area (Å²) in [4.78, 5) is 38.7. The summed E-state index contributed by atoms with van der Waals surface area (Å²) in [6.07, 6.45) is 2.37. The minimum atomic E-state index is -0.960. The van der Waals surface area contributed by atoms with Crippen molar-refractivity contribution < 1.29 is 19.1 Å². The highest BCUT2D eigenvalue weighted by atomic mass is 16.5. The van der Waals surface area contributed by atoms with Crippen molar-refractivity contribution in [3.8, 4) is 0 Å². The molecule has 6 nitrogen and oxygen atoms in total. The molecule has 0 saturated carbocycles. The number of rotatable bonds is 3. The Hall–Kier alpha value is -3.15. The van der Waals surface area contributed by atoms with Gasteiger partial charge in [0.2, 0.25) is 0 Å². The van der Waals surface area contributed by atoms with Gasteiger partial charge < -0.3 is 10.1 Å². The number of nitrogens with one attached hydrogen (secondary N) is 1. The smallest absolute Gasteiger partial charge is 0.337 e. The van der Waals surface area contributed by atoms with Crippen molar-refractivity contribution in [2.45, 2.75) is 31.3 Å². The molecular formula is C21H20N2O4. The lowest BCUT2D eigenvalue weighted by molar-refractivity contribution is -0.132. The summed E-state index contributed by atoms with van der Waals surface area (Å²) in [6.45, 7) is 0.163. The molecule has 2 aliphatic rings. The lowest BCUT2D eigenvalue weighted by Gasteiger charge is -2.33. The summed E-state index contributed by atoms with van der Waals surface area (Å²) in [5, 5.41) is 2.95. The second kappa shape index (κ2) is 6.54. The lowest BCUT2D eigenvalue weighted by Crippen LogP contribution is -2.46. The SMILES string of the molecule is COC(=O)c1ccc(CN2C(=O)NC3(CCCc4ccccc43)C2=O)cc1. The number of carbonyl (C=O) groups excluding carboxylic acids is 3. The number of ether oxygens (including phenoxy) is 1. The van der Waals surface area contributed by atoms with Crippen molar-refractivity contribution >= 4 is 17.9 Å². The average Bonchev–Trinajstić information content (AvgIpc) is 2.93. The van der Waals surface area contributed by atoms with Gasteiger partial charge >= 0.3 is 12.0 Å². The first-order valence-corrected chi connectivity index (χ1v) is 8.95. The van der Waals surface area contributed by atoms with Gasteiger partial charge in [0.05, 0.1) is 19.2 Å². The van der Waals surface area contributed by atoms with Gasteiger partial charge in [0.1, 0.15) is 5.54 Å². The summed E-state index contributed by atoms with van der Waals surface area (Å²) in [6, 6.07) is 14.1. The number of amides is 3. The van der Waals surface area contributed by atoms with E-state index >= 15 is 0 Å². The summed E-state index contributed by atoms with van der Waals surface area (Å²) in [5.74, 6) is -0.633. The number of aryl methyl sites for hydroxylation is 1. The van der Waals surface area contributed by atoms with Crippen LogP contribution in [0.1, 0.15) is 39.9 Å². The number of hydrogen-bond acceptors (Lipinski definition) is 4. The van der Waals surface area contributed by atoms with E-state index < -0.39 is 11.5 Å².